The summed E-state index contributed by atoms with van der Waals surface area (Å²) in [6, 6.07) is 9.93. The molecule has 8 nitrogen and oxygen atoms in total. The number of aryl methyl sites for hydroxylation is 1. The summed E-state index contributed by atoms with van der Waals surface area (Å²) in [6.07, 6.45) is 0.390. The predicted molar refractivity (Wildman–Crippen MR) is 147 cm³/mol. The van der Waals surface area contributed by atoms with Gasteiger partial charge in [-0.15, -0.1) is 0 Å². The maximum absolute atomic E-state index is 13.8. The number of ether oxygens (including phenoxy) is 1. The van der Waals surface area contributed by atoms with Gasteiger partial charge >= 0.3 is 3.60 Å². The van der Waals surface area contributed by atoms with Crippen LogP contribution in [0.25, 0.3) is 0 Å². The smallest absolute Gasteiger partial charge is 0.309 e. The Morgan fingerprint density at radius 2 is 1.89 bits per heavy atom. The Labute approximate surface area is 221 Å². The van der Waals surface area contributed by atoms with E-state index in [0.717, 1.165) is 4.31 Å². The number of sulfonamides is 1. The van der Waals surface area contributed by atoms with Crippen molar-refractivity contribution in [3.8, 4) is 5.75 Å². The van der Waals surface area contributed by atoms with Crippen molar-refractivity contribution >= 4 is 65.0 Å². The van der Waals surface area contributed by atoms with Crippen molar-refractivity contribution in [3.05, 3.63) is 48.0 Å². The van der Waals surface area contributed by atoms with E-state index in [1.165, 1.54) is 60.8 Å². The quantitative estimate of drug-likeness (QED) is 0.228. The Kier molecular flexibility index (Phi) is 9.89. The van der Waals surface area contributed by atoms with Crippen LogP contribution in [0.2, 0.25) is 0 Å². The maximum atomic E-state index is 13.8. The molecule has 2 aromatic rings. The van der Waals surface area contributed by atoms with E-state index in [4.69, 9.17) is 4.74 Å². The minimum Gasteiger partial charge on any atom is -0.447 e. The molecule has 192 valence electrons. The fourth-order valence-electron chi connectivity index (χ4n) is 3.35. The van der Waals surface area contributed by atoms with Gasteiger partial charge in [0.1, 0.15) is 11.8 Å². The lowest BCUT2D eigenvalue weighted by atomic mass is 10.0. The van der Waals surface area contributed by atoms with Crippen molar-refractivity contribution in [3.63, 3.8) is 0 Å². The molecule has 12 heteroatoms. The largest absolute Gasteiger partial charge is 0.447 e. The number of nitrogens with zero attached hydrogens (tertiary/aromatic N) is 1. The van der Waals surface area contributed by atoms with Gasteiger partial charge in [-0.3, -0.25) is 13.9 Å². The third kappa shape index (κ3) is 8.01. The number of alkyl halides is 2. The van der Waals surface area contributed by atoms with Crippen molar-refractivity contribution in [2.75, 3.05) is 16.7 Å². The molecule has 0 bridgehead atoms. The molecule has 2 rings (SSSR count). The summed E-state index contributed by atoms with van der Waals surface area (Å²) in [5.74, 6) is -0.682. The highest BCUT2D eigenvalue weighted by Crippen LogP contribution is 2.34. The highest BCUT2D eigenvalue weighted by atomic mass is 127. The lowest BCUT2D eigenvalue weighted by Gasteiger charge is -2.23. The molecule has 0 saturated carbocycles. The van der Waals surface area contributed by atoms with Crippen LogP contribution in [0.3, 0.4) is 0 Å². The average Bonchev–Trinajstić information content (AvgIpc) is 2.75. The number of carbonyl (C=O) groups is 2. The van der Waals surface area contributed by atoms with Gasteiger partial charge in [-0.1, -0.05) is 26.8 Å². The molecule has 0 saturated heterocycles. The third-order valence-corrected chi connectivity index (χ3v) is 7.31. The minimum absolute atomic E-state index is 0.0777. The van der Waals surface area contributed by atoms with Gasteiger partial charge in [0.2, 0.25) is 11.8 Å². The van der Waals surface area contributed by atoms with Gasteiger partial charge in [-0.05, 0) is 57.5 Å². The van der Waals surface area contributed by atoms with E-state index in [1.54, 1.807) is 18.2 Å². The molecule has 0 heterocycles. The summed E-state index contributed by atoms with van der Waals surface area (Å²) in [5.41, 5.74) is 1.21. The number of benzene rings is 2. The van der Waals surface area contributed by atoms with E-state index < -0.39 is 25.6 Å². The van der Waals surface area contributed by atoms with Crippen LogP contribution in [0, 0.1) is 5.92 Å². The van der Waals surface area contributed by atoms with Crippen LogP contribution < -0.4 is 19.7 Å². The first-order valence-electron chi connectivity index (χ1n) is 10.8. The van der Waals surface area contributed by atoms with Crippen molar-refractivity contribution in [1.82, 2.24) is 5.32 Å². The zero-order chi connectivity index (χ0) is 26.6. The van der Waals surface area contributed by atoms with Crippen LogP contribution in [0.4, 0.5) is 15.8 Å². The van der Waals surface area contributed by atoms with Gasteiger partial charge in [0.15, 0.2) is 0 Å². The molecular formula is C23H30FIN3O5PS. The third-order valence-electron chi connectivity index (χ3n) is 5.09. The van der Waals surface area contributed by atoms with Crippen LogP contribution in [-0.4, -0.2) is 36.9 Å². The number of halogens is 2. The molecule has 2 N–H and O–H groups in total. The molecule has 2 aromatic carbocycles. The van der Waals surface area contributed by atoms with Crippen LogP contribution in [-0.2, 0) is 26.0 Å². The predicted octanol–water partition coefficient (Wildman–Crippen LogP) is 4.44. The SMILES string of the molecule is CCc1cc(NC(=O)C(NC(C)=O)C(C)C)ccc1S(=O)(=O)N(C)c1cccc(OC(F)(P)I)c1. The zero-order valence-electron chi connectivity index (χ0n) is 20.1. The van der Waals surface area contributed by atoms with E-state index >= 15 is 0 Å². The second-order valence-electron chi connectivity index (χ2n) is 8.22. The minimum atomic E-state index is -3.98. The number of nitrogens with one attached hydrogen (secondary N) is 2. The first kappa shape index (κ1) is 29.3. The molecule has 0 aliphatic rings. The maximum Gasteiger partial charge on any atom is 0.309 e. The van der Waals surface area contributed by atoms with Gasteiger partial charge in [0.25, 0.3) is 10.0 Å². The number of anilines is 2. The Balaban J connectivity index is 2.34. The van der Waals surface area contributed by atoms with Crippen LogP contribution in [0.15, 0.2) is 47.4 Å². The summed E-state index contributed by atoms with van der Waals surface area (Å²) in [5, 5.41) is 5.38. The fourth-order valence-corrected chi connectivity index (χ4v) is 5.20. The first-order chi connectivity index (χ1) is 16.2. The molecule has 0 aromatic heterocycles. The van der Waals surface area contributed by atoms with Gasteiger partial charge < -0.3 is 15.4 Å². The molecule has 0 fully saturated rings. The van der Waals surface area contributed by atoms with Crippen molar-refractivity contribution in [2.24, 2.45) is 5.92 Å². The number of carbonyl (C=O) groups excluding carboxylic acids is 2. The Morgan fingerprint density at radius 3 is 2.43 bits per heavy atom. The molecule has 0 radical (unpaired) electrons. The summed E-state index contributed by atoms with van der Waals surface area (Å²) >= 11 is 1.46. The summed E-state index contributed by atoms with van der Waals surface area (Å²) in [7, 11) is -0.670. The van der Waals surface area contributed by atoms with Gasteiger partial charge in [-0.25, -0.2) is 8.42 Å². The number of rotatable bonds is 10. The Hall–Kier alpha value is -1.98. The number of hydrogen-bond acceptors (Lipinski definition) is 5. The summed E-state index contributed by atoms with van der Waals surface area (Å²) in [4.78, 5) is 24.2. The van der Waals surface area contributed by atoms with E-state index in [-0.39, 0.29) is 22.5 Å². The van der Waals surface area contributed by atoms with Crippen LogP contribution >= 0.6 is 31.8 Å². The van der Waals surface area contributed by atoms with Crippen molar-refractivity contribution < 1.29 is 27.1 Å². The average molecular weight is 637 g/mol. The number of amides is 2. The molecule has 3 unspecified atom stereocenters. The monoisotopic (exact) mass is 637 g/mol. The molecule has 2 amide bonds. The van der Waals surface area contributed by atoms with Crippen molar-refractivity contribution in [1.29, 1.82) is 0 Å². The van der Waals surface area contributed by atoms with Crippen molar-refractivity contribution in [2.45, 2.75) is 48.7 Å². The van der Waals surface area contributed by atoms with Crippen LogP contribution in [0.5, 0.6) is 5.75 Å². The Bertz CT molecular complexity index is 1190. The fraction of sp³-hybridized carbons (Fsp3) is 0.391. The van der Waals surface area contributed by atoms with E-state index in [9.17, 15) is 22.4 Å². The molecular weight excluding hydrogens is 607 g/mol. The summed E-state index contributed by atoms with van der Waals surface area (Å²) in [6.45, 7) is 6.78. The van der Waals surface area contributed by atoms with E-state index in [2.05, 4.69) is 10.6 Å². The topological polar surface area (TPSA) is 105 Å². The number of hydrogen-bond donors (Lipinski definition) is 2. The van der Waals surface area contributed by atoms with Gasteiger partial charge in [0, 0.05) is 48.3 Å². The van der Waals surface area contributed by atoms with E-state index in [1.807, 2.05) is 30.0 Å². The highest BCUT2D eigenvalue weighted by molar-refractivity contribution is 14.1. The zero-order valence-corrected chi connectivity index (χ0v) is 24.3. The highest BCUT2D eigenvalue weighted by Gasteiger charge is 2.27. The second-order valence-corrected chi connectivity index (χ2v) is 13.5. The Morgan fingerprint density at radius 1 is 1.23 bits per heavy atom. The normalized spacial score (nSPS) is 14.1. The van der Waals surface area contributed by atoms with Gasteiger partial charge in [0.05, 0.1) is 10.6 Å². The molecule has 3 atom stereocenters. The molecule has 35 heavy (non-hydrogen) atoms. The summed E-state index contributed by atoms with van der Waals surface area (Å²) < 4.78 is 44.9. The molecule has 0 aliphatic carbocycles. The van der Waals surface area contributed by atoms with Crippen LogP contribution in [0.1, 0.15) is 33.3 Å². The first-order valence-corrected chi connectivity index (χ1v) is 13.9. The lowest BCUT2D eigenvalue weighted by Crippen LogP contribution is -2.46. The second kappa shape index (κ2) is 11.8. The standard InChI is InChI=1S/C23H30FIN3O5PS/c1-6-16-12-17(27-22(30)21(14(2)3)26-15(4)29)10-11-20(16)35(31,32)28(5)18-8-7-9-19(13-18)33-23(24,25)34/h7-14,21H,6,34H2,1-5H3,(H,26,29)(H,27,30). The molecule has 0 spiro atoms. The van der Waals surface area contributed by atoms with E-state index in [0.29, 0.717) is 23.4 Å². The molecule has 0 aliphatic heterocycles. The van der Waals surface area contributed by atoms with Gasteiger partial charge in [-0.2, -0.15) is 4.39 Å². The lowest BCUT2D eigenvalue weighted by molar-refractivity contribution is -0.126.